The van der Waals surface area contributed by atoms with Crippen molar-refractivity contribution in [2.45, 2.75) is 31.5 Å². The Morgan fingerprint density at radius 2 is 1.93 bits per heavy atom. The first-order chi connectivity index (χ1) is 13.4. The van der Waals surface area contributed by atoms with Crippen molar-refractivity contribution >= 4 is 15.9 Å². The lowest BCUT2D eigenvalue weighted by Crippen LogP contribution is -2.21. The second-order valence-corrected chi connectivity index (χ2v) is 7.34. The van der Waals surface area contributed by atoms with Crippen LogP contribution >= 0.6 is 15.9 Å². The summed E-state index contributed by atoms with van der Waals surface area (Å²) in [6.45, 7) is 0.612. The van der Waals surface area contributed by atoms with Gasteiger partial charge in [0.15, 0.2) is 5.82 Å². The zero-order valence-electron chi connectivity index (χ0n) is 14.9. The van der Waals surface area contributed by atoms with Gasteiger partial charge in [-0.15, -0.1) is 5.10 Å². The van der Waals surface area contributed by atoms with E-state index in [0.29, 0.717) is 40.7 Å². The average molecular weight is 453 g/mol. The number of pyridine rings is 1. The second kappa shape index (κ2) is 7.20. The number of nitrogens with zero attached hydrogens (tertiary/aromatic N) is 4. The molecule has 0 bridgehead atoms. The Kier molecular flexibility index (Phi) is 4.86. The van der Waals surface area contributed by atoms with Gasteiger partial charge in [-0.2, -0.15) is 13.2 Å². The third-order valence-corrected chi connectivity index (χ3v) is 5.36. The van der Waals surface area contributed by atoms with Crippen LogP contribution < -0.4 is 4.74 Å². The van der Waals surface area contributed by atoms with Gasteiger partial charge in [-0.05, 0) is 52.5 Å². The first-order valence-electron chi connectivity index (χ1n) is 8.70. The number of hydrogen-bond acceptors (Lipinski definition) is 4. The Balaban J connectivity index is 1.78. The van der Waals surface area contributed by atoms with Crippen LogP contribution in [0.5, 0.6) is 5.88 Å². The van der Waals surface area contributed by atoms with Gasteiger partial charge in [-0.25, -0.2) is 14.6 Å². The molecule has 3 aromatic rings. The molecule has 0 saturated carbocycles. The summed E-state index contributed by atoms with van der Waals surface area (Å²) in [6, 6.07) is 9.20. The number of hydrogen-bond donors (Lipinski definition) is 0. The summed E-state index contributed by atoms with van der Waals surface area (Å²) in [7, 11) is 1.51. The Morgan fingerprint density at radius 3 is 2.68 bits per heavy atom. The number of aromatic nitrogens is 4. The van der Waals surface area contributed by atoms with Gasteiger partial charge in [0.2, 0.25) is 5.88 Å². The highest BCUT2D eigenvalue weighted by Crippen LogP contribution is 2.40. The molecule has 28 heavy (non-hydrogen) atoms. The zero-order valence-corrected chi connectivity index (χ0v) is 16.5. The van der Waals surface area contributed by atoms with Crippen molar-refractivity contribution in [2.75, 3.05) is 7.11 Å². The third-order valence-electron chi connectivity index (χ3n) is 4.75. The lowest BCUT2D eigenvalue weighted by molar-refractivity contribution is -0.138. The van der Waals surface area contributed by atoms with Crippen LogP contribution in [0.1, 0.15) is 35.7 Å². The van der Waals surface area contributed by atoms with Crippen molar-refractivity contribution in [3.63, 3.8) is 0 Å². The highest BCUT2D eigenvalue weighted by Gasteiger charge is 2.37. The number of fused-ring (bicyclic) bond motifs is 1. The van der Waals surface area contributed by atoms with Gasteiger partial charge in [-0.1, -0.05) is 18.2 Å². The predicted molar refractivity (Wildman–Crippen MR) is 100 cm³/mol. The van der Waals surface area contributed by atoms with Crippen molar-refractivity contribution in [2.24, 2.45) is 0 Å². The fraction of sp³-hybridized carbons (Fsp3) is 0.316. The number of ether oxygens (including phenoxy) is 1. The van der Waals surface area contributed by atoms with Crippen LogP contribution in [0.15, 0.2) is 40.9 Å². The van der Waals surface area contributed by atoms with Crippen molar-refractivity contribution in [3.05, 3.63) is 57.8 Å². The fourth-order valence-corrected chi connectivity index (χ4v) is 3.89. The van der Waals surface area contributed by atoms with Crippen LogP contribution in [0, 0.1) is 0 Å². The van der Waals surface area contributed by atoms with E-state index in [2.05, 4.69) is 31.0 Å². The van der Waals surface area contributed by atoms with E-state index >= 15 is 0 Å². The summed E-state index contributed by atoms with van der Waals surface area (Å²) in [5, 5.41) is 4.48. The highest BCUT2D eigenvalue weighted by atomic mass is 79.9. The zero-order chi connectivity index (χ0) is 19.9. The number of benzene rings is 1. The molecule has 0 spiro atoms. The summed E-state index contributed by atoms with van der Waals surface area (Å²) >= 11 is 3.35. The smallest absolute Gasteiger partial charge is 0.416 e. The van der Waals surface area contributed by atoms with Gasteiger partial charge in [0.05, 0.1) is 17.1 Å². The molecule has 1 unspecified atom stereocenters. The monoisotopic (exact) mass is 452 g/mol. The molecule has 1 aliphatic rings. The minimum Gasteiger partial charge on any atom is -0.480 e. The second-order valence-electron chi connectivity index (χ2n) is 6.48. The van der Waals surface area contributed by atoms with Crippen LogP contribution in [0.25, 0.3) is 11.5 Å². The van der Waals surface area contributed by atoms with Gasteiger partial charge < -0.3 is 4.74 Å². The standard InChI is InChI=1S/C19H16BrF3N4O/c1-28-18-14(20)8-9-15(24-18)16-25-17-12(6-4-10-27(17)26-16)11-5-2-3-7-13(11)19(21,22)23/h2-3,5,7-9,12H,4,6,10H2,1H3. The molecule has 0 saturated heterocycles. The van der Waals surface area contributed by atoms with Crippen molar-refractivity contribution in [1.29, 1.82) is 0 Å². The van der Waals surface area contributed by atoms with Gasteiger partial charge >= 0.3 is 6.18 Å². The Hall–Kier alpha value is -2.42. The molecule has 1 aliphatic heterocycles. The van der Waals surface area contributed by atoms with E-state index < -0.39 is 17.7 Å². The number of aryl methyl sites for hydroxylation is 1. The molecular weight excluding hydrogens is 437 g/mol. The fourth-order valence-electron chi connectivity index (χ4n) is 3.50. The lowest BCUT2D eigenvalue weighted by atomic mass is 9.88. The van der Waals surface area contributed by atoms with E-state index in [9.17, 15) is 13.2 Å². The lowest BCUT2D eigenvalue weighted by Gasteiger charge is -2.25. The molecule has 0 fully saturated rings. The van der Waals surface area contributed by atoms with Gasteiger partial charge in [0.1, 0.15) is 11.5 Å². The number of methoxy groups -OCH3 is 1. The molecule has 0 amide bonds. The first-order valence-corrected chi connectivity index (χ1v) is 9.49. The molecule has 2 aromatic heterocycles. The van der Waals surface area contributed by atoms with Crippen LogP contribution in [-0.2, 0) is 12.7 Å². The van der Waals surface area contributed by atoms with E-state index in [1.54, 1.807) is 22.9 Å². The minimum atomic E-state index is -4.41. The maximum atomic E-state index is 13.5. The summed E-state index contributed by atoms with van der Waals surface area (Å²) in [5.41, 5.74) is 0.113. The number of halogens is 4. The van der Waals surface area contributed by atoms with Crippen LogP contribution in [0.2, 0.25) is 0 Å². The first kappa shape index (κ1) is 18.9. The van der Waals surface area contributed by atoms with Gasteiger partial charge in [-0.3, -0.25) is 0 Å². The van der Waals surface area contributed by atoms with Gasteiger partial charge in [0.25, 0.3) is 0 Å². The van der Waals surface area contributed by atoms with Crippen LogP contribution in [0.4, 0.5) is 13.2 Å². The number of alkyl halides is 3. The predicted octanol–water partition coefficient (Wildman–Crippen LogP) is 5.06. The molecule has 0 radical (unpaired) electrons. The van der Waals surface area contributed by atoms with Crippen molar-refractivity contribution < 1.29 is 17.9 Å². The van der Waals surface area contributed by atoms with Crippen LogP contribution in [-0.4, -0.2) is 26.9 Å². The van der Waals surface area contributed by atoms with Gasteiger partial charge in [0, 0.05) is 12.5 Å². The highest BCUT2D eigenvalue weighted by molar-refractivity contribution is 9.10. The molecule has 0 aliphatic carbocycles. The van der Waals surface area contributed by atoms with E-state index in [4.69, 9.17) is 4.74 Å². The molecule has 9 heteroatoms. The summed E-state index contributed by atoms with van der Waals surface area (Å²) < 4.78 is 48.1. The Morgan fingerprint density at radius 1 is 1.14 bits per heavy atom. The van der Waals surface area contributed by atoms with E-state index in [1.165, 1.54) is 19.2 Å². The van der Waals surface area contributed by atoms with Crippen molar-refractivity contribution in [3.8, 4) is 17.4 Å². The van der Waals surface area contributed by atoms with E-state index in [-0.39, 0.29) is 5.56 Å². The maximum Gasteiger partial charge on any atom is 0.416 e. The quantitative estimate of drug-likeness (QED) is 0.557. The SMILES string of the molecule is COc1nc(-c2nc3n(n2)CCCC3c2ccccc2C(F)(F)F)ccc1Br. The topological polar surface area (TPSA) is 52.8 Å². The molecule has 5 nitrogen and oxygen atoms in total. The molecule has 0 N–H and O–H groups in total. The molecule has 3 heterocycles. The van der Waals surface area contributed by atoms with E-state index in [0.717, 1.165) is 12.5 Å². The minimum absolute atomic E-state index is 0.233. The largest absolute Gasteiger partial charge is 0.480 e. The summed E-state index contributed by atoms with van der Waals surface area (Å²) in [4.78, 5) is 8.93. The van der Waals surface area contributed by atoms with Crippen LogP contribution in [0.3, 0.4) is 0 Å². The Bertz CT molecular complexity index is 1020. The summed E-state index contributed by atoms with van der Waals surface area (Å²) in [5.74, 6) is 0.827. The number of rotatable bonds is 3. The Labute approximate surface area is 167 Å². The molecule has 4 rings (SSSR count). The van der Waals surface area contributed by atoms with Crippen molar-refractivity contribution in [1.82, 2.24) is 19.7 Å². The molecule has 146 valence electrons. The average Bonchev–Trinajstić information content (AvgIpc) is 3.12. The maximum absolute atomic E-state index is 13.5. The normalized spacial score (nSPS) is 16.7. The summed E-state index contributed by atoms with van der Waals surface area (Å²) in [6.07, 6.45) is -3.10. The molecule has 1 atom stereocenters. The molecule has 1 aromatic carbocycles. The molecular formula is C19H16BrF3N4O. The third kappa shape index (κ3) is 3.39. The van der Waals surface area contributed by atoms with E-state index in [1.807, 2.05) is 0 Å².